The molecule has 6 heteroatoms. The van der Waals surface area contributed by atoms with Gasteiger partial charge in [0, 0.05) is 19.3 Å². The normalized spacial score (nSPS) is 12.6. The summed E-state index contributed by atoms with van der Waals surface area (Å²) in [7, 11) is 0. The maximum Gasteiger partial charge on any atom is 0.306 e. The zero-order valence-corrected chi connectivity index (χ0v) is 49.6. The van der Waals surface area contributed by atoms with Crippen molar-refractivity contribution in [2.75, 3.05) is 13.2 Å². The van der Waals surface area contributed by atoms with E-state index in [0.717, 1.165) is 103 Å². The van der Waals surface area contributed by atoms with Crippen molar-refractivity contribution >= 4 is 17.9 Å². The van der Waals surface area contributed by atoms with E-state index >= 15 is 0 Å². The summed E-state index contributed by atoms with van der Waals surface area (Å²) in [6.07, 6.45) is 82.9. The predicted molar refractivity (Wildman–Crippen MR) is 325 cm³/mol. The summed E-state index contributed by atoms with van der Waals surface area (Å²) in [4.78, 5) is 38.3. The average molecular weight is 1050 g/mol. The molecule has 0 aliphatic rings. The van der Waals surface area contributed by atoms with Gasteiger partial charge in [0.2, 0.25) is 0 Å². The fourth-order valence-electron chi connectivity index (χ4n) is 9.05. The minimum absolute atomic E-state index is 0.0828. The topological polar surface area (TPSA) is 78.9 Å². The highest BCUT2D eigenvalue weighted by Crippen LogP contribution is 2.16. The monoisotopic (exact) mass is 1040 g/mol. The molecule has 0 fully saturated rings. The van der Waals surface area contributed by atoms with Gasteiger partial charge in [-0.05, 0) is 116 Å². The van der Waals surface area contributed by atoms with Crippen molar-refractivity contribution in [1.29, 1.82) is 0 Å². The molecule has 1 unspecified atom stereocenters. The van der Waals surface area contributed by atoms with Crippen LogP contribution in [0.15, 0.2) is 85.1 Å². The van der Waals surface area contributed by atoms with Crippen molar-refractivity contribution in [3.63, 3.8) is 0 Å². The summed E-state index contributed by atoms with van der Waals surface area (Å²) >= 11 is 0. The Morgan fingerprint density at radius 3 is 0.827 bits per heavy atom. The lowest BCUT2D eigenvalue weighted by molar-refractivity contribution is -0.167. The number of esters is 3. The molecule has 1 atom stereocenters. The fourth-order valence-corrected chi connectivity index (χ4v) is 9.05. The molecule has 432 valence electrons. The maximum absolute atomic E-state index is 12.9. The molecule has 0 bridgehead atoms. The van der Waals surface area contributed by atoms with Crippen LogP contribution in [0.5, 0.6) is 0 Å². The Kier molecular flexibility index (Phi) is 60.3. The molecule has 0 aliphatic carbocycles. The Hall–Kier alpha value is -3.41. The van der Waals surface area contributed by atoms with Gasteiger partial charge in [0.1, 0.15) is 13.2 Å². The molecule has 0 saturated heterocycles. The summed E-state index contributed by atoms with van der Waals surface area (Å²) in [6.45, 7) is 6.53. The summed E-state index contributed by atoms with van der Waals surface area (Å²) in [5, 5.41) is 0. The van der Waals surface area contributed by atoms with Gasteiger partial charge >= 0.3 is 17.9 Å². The first-order chi connectivity index (χ1) is 37.0. The summed E-state index contributed by atoms with van der Waals surface area (Å²) in [5.74, 6) is -0.889. The van der Waals surface area contributed by atoms with E-state index in [1.807, 2.05) is 0 Å². The van der Waals surface area contributed by atoms with Crippen LogP contribution in [0.2, 0.25) is 0 Å². The highest BCUT2D eigenvalue weighted by atomic mass is 16.6. The van der Waals surface area contributed by atoms with Crippen LogP contribution in [0.25, 0.3) is 0 Å². The third kappa shape index (κ3) is 61.3. The van der Waals surface area contributed by atoms with Crippen molar-refractivity contribution in [1.82, 2.24) is 0 Å². The van der Waals surface area contributed by atoms with Gasteiger partial charge < -0.3 is 14.2 Å². The van der Waals surface area contributed by atoms with Crippen molar-refractivity contribution in [2.24, 2.45) is 0 Å². The molecule has 0 spiro atoms. The van der Waals surface area contributed by atoms with E-state index in [9.17, 15) is 14.4 Å². The van der Waals surface area contributed by atoms with Gasteiger partial charge in [-0.1, -0.05) is 266 Å². The van der Waals surface area contributed by atoms with Gasteiger partial charge in [-0.2, -0.15) is 0 Å². The number of rotatable bonds is 58. The first-order valence-corrected chi connectivity index (χ1v) is 32.1. The minimum Gasteiger partial charge on any atom is -0.462 e. The highest BCUT2D eigenvalue weighted by Gasteiger charge is 2.19. The Bertz CT molecular complexity index is 1430. The summed E-state index contributed by atoms with van der Waals surface area (Å²) < 4.78 is 16.9. The van der Waals surface area contributed by atoms with Crippen molar-refractivity contribution < 1.29 is 28.6 Å². The van der Waals surface area contributed by atoms with Crippen molar-refractivity contribution in [3.8, 4) is 0 Å². The lowest BCUT2D eigenvalue weighted by Gasteiger charge is -2.18. The predicted octanol–water partition coefficient (Wildman–Crippen LogP) is 21.9. The van der Waals surface area contributed by atoms with E-state index in [4.69, 9.17) is 14.2 Å². The number of hydrogen-bond donors (Lipinski definition) is 0. The summed E-state index contributed by atoms with van der Waals surface area (Å²) in [5.41, 5.74) is 0. The largest absolute Gasteiger partial charge is 0.462 e. The Balaban J connectivity index is 4.35. The average Bonchev–Trinajstić information content (AvgIpc) is 3.41. The number of ether oxygens (including phenoxy) is 3. The van der Waals surface area contributed by atoms with Gasteiger partial charge in [-0.3, -0.25) is 14.4 Å². The second-order valence-electron chi connectivity index (χ2n) is 21.3. The standard InChI is InChI=1S/C69H120O6/c1-4-7-10-13-16-19-22-25-28-30-31-32-33-34-35-36-37-39-41-44-47-50-53-56-59-62-68(71)74-65-66(64-73-67(70)61-58-55-52-49-46-43-40-27-24-21-18-15-12-9-6-3)75-69(72)63-60-57-54-51-48-45-42-38-29-26-23-20-17-14-11-8-5-2/h7,10,16,19,25-29,31-32,34-35,40,66H,4-6,8-9,11-15,17-18,20-24,30,33,36-39,41-65H2,1-3H3/b10-7-,19-16-,28-25-,29-26-,32-31-,35-34-,40-27-. The van der Waals surface area contributed by atoms with E-state index in [-0.39, 0.29) is 31.1 Å². The lowest BCUT2D eigenvalue weighted by atomic mass is 10.1. The Morgan fingerprint density at radius 2 is 0.520 bits per heavy atom. The van der Waals surface area contributed by atoms with Crippen LogP contribution in [0.4, 0.5) is 0 Å². The number of unbranched alkanes of at least 4 members (excludes halogenated alkanes) is 33. The highest BCUT2D eigenvalue weighted by molar-refractivity contribution is 5.71. The molecule has 0 aliphatic heterocycles. The third-order valence-electron chi connectivity index (χ3n) is 13.9. The SMILES string of the molecule is CC/C=C\C/C=C\C/C=C\C/C=C\C/C=C\CCCCCCCCCCCC(=O)OCC(COC(=O)CCCCCCC/C=C\CCCCCCCC)OC(=O)CCCCCCCCC/C=C\CCCCCCCC. The third-order valence-corrected chi connectivity index (χ3v) is 13.9. The molecule has 0 amide bonds. The van der Waals surface area contributed by atoms with E-state index in [2.05, 4.69) is 106 Å². The molecule has 0 aromatic rings. The second-order valence-corrected chi connectivity index (χ2v) is 21.3. The van der Waals surface area contributed by atoms with E-state index in [0.29, 0.717) is 19.3 Å². The van der Waals surface area contributed by atoms with Crippen LogP contribution in [0.3, 0.4) is 0 Å². The molecule has 0 N–H and O–H groups in total. The van der Waals surface area contributed by atoms with Crippen LogP contribution in [-0.4, -0.2) is 37.2 Å². The maximum atomic E-state index is 12.9. The molecule has 0 saturated carbocycles. The first kappa shape index (κ1) is 71.6. The van der Waals surface area contributed by atoms with Crippen molar-refractivity contribution in [3.05, 3.63) is 85.1 Å². The van der Waals surface area contributed by atoms with Crippen LogP contribution < -0.4 is 0 Å². The zero-order chi connectivity index (χ0) is 54.3. The molecule has 0 aromatic carbocycles. The van der Waals surface area contributed by atoms with Gasteiger partial charge in [0.15, 0.2) is 6.10 Å². The molecule has 0 aromatic heterocycles. The summed E-state index contributed by atoms with van der Waals surface area (Å²) in [6, 6.07) is 0. The smallest absolute Gasteiger partial charge is 0.306 e. The quantitative estimate of drug-likeness (QED) is 0.0261. The van der Waals surface area contributed by atoms with Crippen LogP contribution >= 0.6 is 0 Å². The van der Waals surface area contributed by atoms with E-state index in [1.165, 1.54) is 173 Å². The zero-order valence-electron chi connectivity index (χ0n) is 49.6. The van der Waals surface area contributed by atoms with Crippen LogP contribution in [-0.2, 0) is 28.6 Å². The molecular weight excluding hydrogens is 925 g/mol. The van der Waals surface area contributed by atoms with Crippen LogP contribution in [0, 0.1) is 0 Å². The number of carbonyl (C=O) groups excluding carboxylic acids is 3. The first-order valence-electron chi connectivity index (χ1n) is 32.1. The molecule has 6 nitrogen and oxygen atoms in total. The molecule has 75 heavy (non-hydrogen) atoms. The second kappa shape index (κ2) is 63.1. The molecular formula is C69H120O6. The van der Waals surface area contributed by atoms with Gasteiger partial charge in [-0.15, -0.1) is 0 Å². The Morgan fingerprint density at radius 1 is 0.280 bits per heavy atom. The van der Waals surface area contributed by atoms with Gasteiger partial charge in [-0.25, -0.2) is 0 Å². The lowest BCUT2D eigenvalue weighted by Crippen LogP contribution is -2.30. The van der Waals surface area contributed by atoms with E-state index < -0.39 is 6.10 Å². The number of allylic oxidation sites excluding steroid dienone is 14. The minimum atomic E-state index is -0.786. The van der Waals surface area contributed by atoms with Crippen molar-refractivity contribution in [2.45, 2.75) is 322 Å². The molecule has 0 rings (SSSR count). The number of carbonyl (C=O) groups is 3. The Labute approximate surface area is 465 Å². The van der Waals surface area contributed by atoms with Crippen LogP contribution in [0.1, 0.15) is 316 Å². The van der Waals surface area contributed by atoms with E-state index in [1.54, 1.807) is 0 Å². The van der Waals surface area contributed by atoms with Gasteiger partial charge in [0.05, 0.1) is 0 Å². The molecule has 0 radical (unpaired) electrons. The fraction of sp³-hybridized carbons (Fsp3) is 0.754. The number of hydrogen-bond acceptors (Lipinski definition) is 6. The van der Waals surface area contributed by atoms with Gasteiger partial charge in [0.25, 0.3) is 0 Å². The molecule has 0 heterocycles.